The van der Waals surface area contributed by atoms with Gasteiger partial charge in [-0.05, 0) is 42.3 Å². The monoisotopic (exact) mass is 451 g/mol. The Morgan fingerprint density at radius 2 is 1.84 bits per heavy atom. The van der Waals surface area contributed by atoms with Gasteiger partial charge < -0.3 is 14.1 Å². The molecule has 0 N–H and O–H groups in total. The van der Waals surface area contributed by atoms with E-state index in [1.54, 1.807) is 0 Å². The quantitative estimate of drug-likeness (QED) is 0.340. The Morgan fingerprint density at radius 3 is 2.61 bits per heavy atom. The Kier molecular flexibility index (Phi) is 5.12. The topological polar surface area (TPSA) is 42.7 Å². The fourth-order valence-corrected chi connectivity index (χ4v) is 4.52. The first-order valence-corrected chi connectivity index (χ1v) is 10.7. The lowest BCUT2D eigenvalue weighted by Gasteiger charge is -2.31. The van der Waals surface area contributed by atoms with Crippen molar-refractivity contribution in [3.63, 3.8) is 0 Å². The van der Waals surface area contributed by atoms with E-state index in [-0.39, 0.29) is 5.63 Å². The summed E-state index contributed by atoms with van der Waals surface area (Å²) < 4.78 is 11.8. The summed E-state index contributed by atoms with van der Waals surface area (Å²) in [5.41, 5.74) is 4.43. The second kappa shape index (κ2) is 7.95. The van der Waals surface area contributed by atoms with E-state index in [4.69, 9.17) is 32.4 Å². The van der Waals surface area contributed by atoms with Crippen LogP contribution in [0.4, 0.5) is 5.69 Å². The summed E-state index contributed by atoms with van der Waals surface area (Å²) >= 11 is 12.7. The zero-order valence-corrected chi connectivity index (χ0v) is 18.3. The first-order valence-electron chi connectivity index (χ1n) is 9.96. The molecule has 0 fully saturated rings. The number of fused-ring (bicyclic) bond motifs is 3. The zero-order valence-electron chi connectivity index (χ0n) is 16.8. The minimum absolute atomic E-state index is 0.327. The van der Waals surface area contributed by atoms with Gasteiger partial charge in [-0.3, -0.25) is 0 Å². The Morgan fingerprint density at radius 1 is 1.03 bits per heavy atom. The lowest BCUT2D eigenvalue weighted by atomic mass is 9.97. The number of benzene rings is 3. The third kappa shape index (κ3) is 3.67. The van der Waals surface area contributed by atoms with E-state index in [1.165, 1.54) is 0 Å². The molecule has 156 valence electrons. The van der Waals surface area contributed by atoms with Gasteiger partial charge in [0.25, 0.3) is 0 Å². The largest absolute Gasteiger partial charge is 0.471 e. The Hall–Kier alpha value is -2.95. The highest BCUT2D eigenvalue weighted by molar-refractivity contribution is 6.33. The molecule has 1 aromatic heterocycles. The highest BCUT2D eigenvalue weighted by Crippen LogP contribution is 2.41. The van der Waals surface area contributed by atoms with Gasteiger partial charge in [-0.1, -0.05) is 59.6 Å². The minimum Gasteiger partial charge on any atom is -0.471 e. The van der Waals surface area contributed by atoms with Crippen molar-refractivity contribution >= 4 is 39.9 Å². The summed E-state index contributed by atoms with van der Waals surface area (Å²) in [6.45, 7) is 2.76. The predicted octanol–water partition coefficient (Wildman–Crippen LogP) is 6.36. The van der Waals surface area contributed by atoms with E-state index >= 15 is 0 Å². The van der Waals surface area contributed by atoms with Crippen LogP contribution in [0.15, 0.2) is 69.9 Å². The Balaban J connectivity index is 1.63. The normalized spacial score (nSPS) is 13.2. The van der Waals surface area contributed by atoms with Crippen molar-refractivity contribution in [1.29, 1.82) is 0 Å². The second-order valence-electron chi connectivity index (χ2n) is 7.65. The molecule has 0 saturated heterocycles. The van der Waals surface area contributed by atoms with E-state index in [2.05, 4.69) is 0 Å². The Bertz CT molecular complexity index is 1350. The van der Waals surface area contributed by atoms with Gasteiger partial charge in [0.05, 0.1) is 17.1 Å². The van der Waals surface area contributed by atoms with Crippen molar-refractivity contribution in [2.45, 2.75) is 19.9 Å². The van der Waals surface area contributed by atoms with E-state index in [9.17, 15) is 4.79 Å². The number of nitrogens with zero attached hydrogens (tertiary/aromatic N) is 1. The lowest BCUT2D eigenvalue weighted by molar-refractivity contribution is 0.289. The SMILES string of the molecule is Cc1c(Cc2ccccc2)c(=O)oc2c3c(c(Cl)cc12)OCN(c1cccc(Cl)c1)C3. The first kappa shape index (κ1) is 20.0. The summed E-state index contributed by atoms with van der Waals surface area (Å²) in [7, 11) is 0. The van der Waals surface area contributed by atoms with Crippen LogP contribution in [0.1, 0.15) is 22.3 Å². The predicted molar refractivity (Wildman–Crippen MR) is 125 cm³/mol. The van der Waals surface area contributed by atoms with Crippen LogP contribution < -0.4 is 15.3 Å². The molecule has 0 saturated carbocycles. The average Bonchev–Trinajstić information content (AvgIpc) is 2.78. The molecule has 4 nitrogen and oxygen atoms in total. The van der Waals surface area contributed by atoms with Crippen molar-refractivity contribution in [1.82, 2.24) is 0 Å². The first-order chi connectivity index (χ1) is 15.0. The van der Waals surface area contributed by atoms with Gasteiger partial charge in [-0.15, -0.1) is 0 Å². The number of hydrogen-bond donors (Lipinski definition) is 0. The number of rotatable bonds is 3. The van der Waals surface area contributed by atoms with Crippen LogP contribution in [0.2, 0.25) is 10.0 Å². The smallest absolute Gasteiger partial charge is 0.340 e. The summed E-state index contributed by atoms with van der Waals surface area (Å²) in [5, 5.41) is 1.98. The molecular weight excluding hydrogens is 433 g/mol. The molecule has 0 amide bonds. The van der Waals surface area contributed by atoms with E-state index in [0.29, 0.717) is 46.6 Å². The van der Waals surface area contributed by atoms with Crippen molar-refractivity contribution in [3.05, 3.63) is 103 Å². The maximum absolute atomic E-state index is 13.0. The number of ether oxygens (including phenoxy) is 1. The summed E-state index contributed by atoms with van der Waals surface area (Å²) in [4.78, 5) is 15.0. The van der Waals surface area contributed by atoms with Crippen LogP contribution >= 0.6 is 23.2 Å². The summed E-state index contributed by atoms with van der Waals surface area (Å²) in [6, 6.07) is 19.3. The minimum atomic E-state index is -0.335. The summed E-state index contributed by atoms with van der Waals surface area (Å²) in [6.07, 6.45) is 0.505. The molecule has 0 atom stereocenters. The van der Waals surface area contributed by atoms with Crippen LogP contribution in [-0.4, -0.2) is 6.73 Å². The number of hydrogen-bond acceptors (Lipinski definition) is 4. The standard InChI is InChI=1S/C25H19Cl2NO3/c1-15-19-12-22(27)24-21(13-28(14-30-24)18-9-5-8-17(26)11-18)23(19)31-25(29)20(15)10-16-6-3-2-4-7-16/h2-9,11-12H,10,13-14H2,1H3. The fourth-order valence-electron chi connectivity index (χ4n) is 4.05. The lowest BCUT2D eigenvalue weighted by Crippen LogP contribution is -2.32. The molecule has 3 aromatic carbocycles. The number of halogens is 2. The average molecular weight is 452 g/mol. The molecule has 4 aromatic rings. The van der Waals surface area contributed by atoms with Crippen LogP contribution in [-0.2, 0) is 13.0 Å². The van der Waals surface area contributed by atoms with Crippen molar-refractivity contribution in [2.24, 2.45) is 0 Å². The molecule has 1 aliphatic heterocycles. The van der Waals surface area contributed by atoms with Crippen molar-refractivity contribution in [3.8, 4) is 5.75 Å². The number of anilines is 1. The summed E-state index contributed by atoms with van der Waals surface area (Å²) in [5.74, 6) is 0.561. The molecular formula is C25H19Cl2NO3. The molecule has 0 bridgehead atoms. The van der Waals surface area contributed by atoms with Gasteiger partial charge >= 0.3 is 5.63 Å². The van der Waals surface area contributed by atoms with Gasteiger partial charge in [0.2, 0.25) is 0 Å². The van der Waals surface area contributed by atoms with Gasteiger partial charge in [-0.25, -0.2) is 4.79 Å². The van der Waals surface area contributed by atoms with Gasteiger partial charge in [0.1, 0.15) is 11.3 Å². The zero-order chi connectivity index (χ0) is 21.5. The molecule has 0 radical (unpaired) electrons. The van der Waals surface area contributed by atoms with Gasteiger partial charge in [0.15, 0.2) is 6.73 Å². The molecule has 6 heteroatoms. The molecule has 0 unspecified atom stereocenters. The molecule has 0 spiro atoms. The van der Waals surface area contributed by atoms with Crippen molar-refractivity contribution < 1.29 is 9.15 Å². The van der Waals surface area contributed by atoms with Crippen molar-refractivity contribution in [2.75, 3.05) is 11.6 Å². The molecule has 0 aliphatic carbocycles. The maximum Gasteiger partial charge on any atom is 0.340 e. The van der Waals surface area contributed by atoms with Crippen LogP contribution in [0, 0.1) is 6.92 Å². The van der Waals surface area contributed by atoms with Gasteiger partial charge in [0, 0.05) is 28.1 Å². The van der Waals surface area contributed by atoms with E-state index in [0.717, 1.165) is 27.8 Å². The Labute approximate surface area is 189 Å². The third-order valence-electron chi connectivity index (χ3n) is 5.69. The second-order valence-corrected chi connectivity index (χ2v) is 8.49. The van der Waals surface area contributed by atoms with Crippen LogP contribution in [0.25, 0.3) is 11.0 Å². The van der Waals surface area contributed by atoms with E-state index < -0.39 is 0 Å². The number of aryl methyl sites for hydroxylation is 1. The van der Waals surface area contributed by atoms with Crippen LogP contribution in [0.3, 0.4) is 0 Å². The fraction of sp³-hybridized carbons (Fsp3) is 0.160. The highest BCUT2D eigenvalue weighted by atomic mass is 35.5. The molecule has 31 heavy (non-hydrogen) atoms. The van der Waals surface area contributed by atoms with Gasteiger partial charge in [-0.2, -0.15) is 0 Å². The highest BCUT2D eigenvalue weighted by Gasteiger charge is 2.26. The molecule has 5 rings (SSSR count). The molecule has 2 heterocycles. The third-order valence-corrected chi connectivity index (χ3v) is 6.21. The van der Waals surface area contributed by atoms with Crippen LogP contribution in [0.5, 0.6) is 5.75 Å². The van der Waals surface area contributed by atoms with E-state index in [1.807, 2.05) is 72.5 Å². The molecule has 1 aliphatic rings. The maximum atomic E-state index is 13.0.